The van der Waals surface area contributed by atoms with Crippen molar-refractivity contribution in [3.8, 4) is 0 Å². The van der Waals surface area contributed by atoms with Crippen molar-refractivity contribution in [3.05, 3.63) is 29.3 Å². The van der Waals surface area contributed by atoms with E-state index < -0.39 is 0 Å². The van der Waals surface area contributed by atoms with E-state index in [1.165, 1.54) is 0 Å². The summed E-state index contributed by atoms with van der Waals surface area (Å²) in [5, 5.41) is 13.2. The van der Waals surface area contributed by atoms with Gasteiger partial charge in [-0.15, -0.1) is 0 Å². The van der Waals surface area contributed by atoms with E-state index in [0.717, 1.165) is 29.8 Å². The standard InChI is InChI=1S/C14H18N2O2/c1-16-12-3-2-9(6-10(12)7-14(16)18)11-4-5-15-8-13(11)17/h2-3,6,11,13,15,17H,4-5,7-8H2,1H3. The summed E-state index contributed by atoms with van der Waals surface area (Å²) in [6.07, 6.45) is 1.11. The highest BCUT2D eigenvalue weighted by Gasteiger charge is 2.28. The van der Waals surface area contributed by atoms with Crippen molar-refractivity contribution in [2.75, 3.05) is 25.0 Å². The van der Waals surface area contributed by atoms with Gasteiger partial charge in [0.15, 0.2) is 0 Å². The number of hydrogen-bond donors (Lipinski definition) is 2. The van der Waals surface area contributed by atoms with Crippen molar-refractivity contribution in [2.24, 2.45) is 0 Å². The minimum Gasteiger partial charge on any atom is -0.391 e. The summed E-state index contributed by atoms with van der Waals surface area (Å²) in [7, 11) is 1.81. The van der Waals surface area contributed by atoms with Crippen LogP contribution >= 0.6 is 0 Å². The van der Waals surface area contributed by atoms with Gasteiger partial charge in [-0.3, -0.25) is 4.79 Å². The van der Waals surface area contributed by atoms with E-state index in [1.807, 2.05) is 19.2 Å². The van der Waals surface area contributed by atoms with Crippen LogP contribution < -0.4 is 10.2 Å². The highest BCUT2D eigenvalue weighted by molar-refractivity contribution is 6.00. The van der Waals surface area contributed by atoms with E-state index in [0.29, 0.717) is 13.0 Å². The van der Waals surface area contributed by atoms with Crippen molar-refractivity contribution < 1.29 is 9.90 Å². The Labute approximate surface area is 107 Å². The first-order valence-corrected chi connectivity index (χ1v) is 6.45. The Morgan fingerprint density at radius 3 is 3.06 bits per heavy atom. The summed E-state index contributed by atoms with van der Waals surface area (Å²) in [5.41, 5.74) is 3.25. The van der Waals surface area contributed by atoms with E-state index in [4.69, 9.17) is 0 Å². The third kappa shape index (κ3) is 1.82. The van der Waals surface area contributed by atoms with Crippen LogP contribution in [0.3, 0.4) is 0 Å². The normalized spacial score (nSPS) is 27.4. The van der Waals surface area contributed by atoms with Crippen LogP contribution in [0.5, 0.6) is 0 Å². The summed E-state index contributed by atoms with van der Waals surface area (Å²) >= 11 is 0. The molecule has 1 saturated heterocycles. The van der Waals surface area contributed by atoms with E-state index in [2.05, 4.69) is 11.4 Å². The Hall–Kier alpha value is -1.39. The number of piperidine rings is 1. The number of nitrogens with one attached hydrogen (secondary N) is 1. The fraction of sp³-hybridized carbons (Fsp3) is 0.500. The lowest BCUT2D eigenvalue weighted by atomic mass is 9.87. The molecule has 2 heterocycles. The average Bonchev–Trinajstić information content (AvgIpc) is 2.65. The van der Waals surface area contributed by atoms with Crippen molar-refractivity contribution in [2.45, 2.75) is 24.9 Å². The Morgan fingerprint density at radius 1 is 1.44 bits per heavy atom. The van der Waals surface area contributed by atoms with Crippen molar-refractivity contribution >= 4 is 11.6 Å². The monoisotopic (exact) mass is 246 g/mol. The third-order valence-corrected chi connectivity index (χ3v) is 4.06. The second-order valence-corrected chi connectivity index (χ2v) is 5.18. The fourth-order valence-corrected chi connectivity index (χ4v) is 2.95. The Balaban J connectivity index is 1.91. The lowest BCUT2D eigenvalue weighted by molar-refractivity contribution is -0.117. The van der Waals surface area contributed by atoms with Gasteiger partial charge in [-0.25, -0.2) is 0 Å². The topological polar surface area (TPSA) is 52.6 Å². The van der Waals surface area contributed by atoms with E-state index in [1.54, 1.807) is 4.90 Å². The zero-order valence-electron chi connectivity index (χ0n) is 10.5. The molecule has 2 atom stereocenters. The van der Waals surface area contributed by atoms with Gasteiger partial charge in [0.2, 0.25) is 5.91 Å². The van der Waals surface area contributed by atoms with Crippen LogP contribution in [0.2, 0.25) is 0 Å². The van der Waals surface area contributed by atoms with E-state index in [-0.39, 0.29) is 17.9 Å². The molecule has 96 valence electrons. The maximum atomic E-state index is 11.6. The maximum Gasteiger partial charge on any atom is 0.231 e. The molecule has 1 amide bonds. The lowest BCUT2D eigenvalue weighted by Crippen LogP contribution is -2.39. The first-order valence-electron chi connectivity index (χ1n) is 6.45. The van der Waals surface area contributed by atoms with Crippen LogP contribution in [0.1, 0.15) is 23.5 Å². The zero-order chi connectivity index (χ0) is 12.7. The molecule has 3 rings (SSSR count). The average molecular weight is 246 g/mol. The summed E-state index contributed by atoms with van der Waals surface area (Å²) in [6, 6.07) is 6.15. The fourth-order valence-electron chi connectivity index (χ4n) is 2.95. The number of β-amino-alcohol motifs (C(OH)–C–C–N with tert-alkyl or cyclic N) is 1. The second kappa shape index (κ2) is 4.37. The van der Waals surface area contributed by atoms with Crippen LogP contribution in [0, 0.1) is 0 Å². The SMILES string of the molecule is CN1C(=O)Cc2cc(C3CCNCC3O)ccc21. The Morgan fingerprint density at radius 2 is 2.28 bits per heavy atom. The molecule has 1 aromatic carbocycles. The number of anilines is 1. The Kier molecular flexibility index (Phi) is 2.84. The number of fused-ring (bicyclic) bond motifs is 1. The van der Waals surface area contributed by atoms with Gasteiger partial charge < -0.3 is 15.3 Å². The van der Waals surface area contributed by atoms with Crippen LogP contribution in [0.25, 0.3) is 0 Å². The number of aliphatic hydroxyl groups excluding tert-OH is 1. The molecule has 2 aliphatic rings. The van der Waals surface area contributed by atoms with Crippen LogP contribution in [0.15, 0.2) is 18.2 Å². The predicted octanol–water partition coefficient (Wildman–Crippen LogP) is 0.643. The zero-order valence-corrected chi connectivity index (χ0v) is 10.5. The molecular formula is C14H18N2O2. The van der Waals surface area contributed by atoms with Crippen molar-refractivity contribution in [1.82, 2.24) is 5.32 Å². The molecule has 4 heteroatoms. The summed E-state index contributed by atoms with van der Waals surface area (Å²) < 4.78 is 0. The highest BCUT2D eigenvalue weighted by atomic mass is 16.3. The maximum absolute atomic E-state index is 11.6. The largest absolute Gasteiger partial charge is 0.391 e. The number of aliphatic hydroxyl groups is 1. The number of rotatable bonds is 1. The van der Waals surface area contributed by atoms with Crippen LogP contribution in [0.4, 0.5) is 5.69 Å². The Bertz CT molecular complexity index is 487. The predicted molar refractivity (Wildman–Crippen MR) is 69.8 cm³/mol. The van der Waals surface area contributed by atoms with Gasteiger partial charge in [0.1, 0.15) is 0 Å². The van der Waals surface area contributed by atoms with Crippen LogP contribution in [-0.2, 0) is 11.2 Å². The number of likely N-dealkylation sites (N-methyl/N-ethyl adjacent to an activating group) is 1. The summed E-state index contributed by atoms with van der Waals surface area (Å²) in [6.45, 7) is 1.60. The van der Waals surface area contributed by atoms with Gasteiger partial charge in [-0.1, -0.05) is 12.1 Å². The van der Waals surface area contributed by atoms with Gasteiger partial charge in [0, 0.05) is 25.2 Å². The molecule has 0 saturated carbocycles. The number of nitrogens with zero attached hydrogens (tertiary/aromatic N) is 1. The third-order valence-electron chi connectivity index (χ3n) is 4.06. The molecule has 2 unspecified atom stereocenters. The van der Waals surface area contributed by atoms with Crippen molar-refractivity contribution in [3.63, 3.8) is 0 Å². The van der Waals surface area contributed by atoms with Crippen LogP contribution in [-0.4, -0.2) is 37.3 Å². The van der Waals surface area contributed by atoms with Crippen molar-refractivity contribution in [1.29, 1.82) is 0 Å². The van der Waals surface area contributed by atoms with E-state index >= 15 is 0 Å². The summed E-state index contributed by atoms with van der Waals surface area (Å²) in [5.74, 6) is 0.338. The molecule has 0 radical (unpaired) electrons. The first kappa shape index (κ1) is 11.7. The quantitative estimate of drug-likeness (QED) is 0.764. The molecule has 0 aromatic heterocycles. The number of amides is 1. The molecule has 2 N–H and O–H groups in total. The summed E-state index contributed by atoms with van der Waals surface area (Å²) in [4.78, 5) is 13.4. The van der Waals surface area contributed by atoms with Gasteiger partial charge in [-0.05, 0) is 30.2 Å². The molecule has 4 nitrogen and oxygen atoms in total. The molecule has 0 bridgehead atoms. The molecule has 0 aliphatic carbocycles. The second-order valence-electron chi connectivity index (χ2n) is 5.18. The number of benzene rings is 1. The number of hydrogen-bond acceptors (Lipinski definition) is 3. The smallest absolute Gasteiger partial charge is 0.231 e. The number of carbonyl (C=O) groups is 1. The highest BCUT2D eigenvalue weighted by Crippen LogP contribution is 2.33. The lowest BCUT2D eigenvalue weighted by Gasteiger charge is -2.29. The van der Waals surface area contributed by atoms with Gasteiger partial charge >= 0.3 is 0 Å². The molecule has 1 fully saturated rings. The minimum absolute atomic E-state index is 0.146. The van der Waals surface area contributed by atoms with E-state index in [9.17, 15) is 9.90 Å². The van der Waals surface area contributed by atoms with Gasteiger partial charge in [0.25, 0.3) is 0 Å². The van der Waals surface area contributed by atoms with Gasteiger partial charge in [-0.2, -0.15) is 0 Å². The minimum atomic E-state index is -0.327. The molecule has 2 aliphatic heterocycles. The number of carbonyl (C=O) groups excluding carboxylic acids is 1. The molecule has 0 spiro atoms. The molecular weight excluding hydrogens is 228 g/mol. The first-order chi connectivity index (χ1) is 8.66. The molecule has 1 aromatic rings. The molecule has 18 heavy (non-hydrogen) atoms. The van der Waals surface area contributed by atoms with Gasteiger partial charge in [0.05, 0.1) is 12.5 Å².